The number of rotatable bonds is 3. The van der Waals surface area contributed by atoms with Crippen LogP contribution in [0.3, 0.4) is 0 Å². The molecule has 0 radical (unpaired) electrons. The second-order valence-electron chi connectivity index (χ2n) is 2.99. The molecular weight excluding hydrogens is 211 g/mol. The van der Waals surface area contributed by atoms with Crippen molar-refractivity contribution in [1.82, 2.24) is 0 Å². The Bertz CT molecular complexity index is 259. The van der Waals surface area contributed by atoms with Gasteiger partial charge >= 0.3 is 7.60 Å². The molecule has 3 atom stereocenters. The van der Waals surface area contributed by atoms with Crippen LogP contribution in [0, 0.1) is 0 Å². The Kier molecular flexibility index (Phi) is 3.83. The molecule has 7 heteroatoms. The topological polar surface area (TPSA) is 96.2 Å². The van der Waals surface area contributed by atoms with Gasteiger partial charge < -0.3 is 24.4 Å². The molecule has 14 heavy (non-hydrogen) atoms. The minimum absolute atomic E-state index is 0.216. The molecule has 6 nitrogen and oxygen atoms in total. The normalized spacial score (nSPS) is 34.1. The van der Waals surface area contributed by atoms with Crippen LogP contribution in [0.4, 0.5) is 0 Å². The third-order valence-corrected chi connectivity index (χ3v) is 2.50. The van der Waals surface area contributed by atoms with Crippen molar-refractivity contribution in [3.63, 3.8) is 0 Å². The Morgan fingerprint density at radius 3 is 2.64 bits per heavy atom. The molecule has 0 bridgehead atoms. The standard InChI is InChI=1S/C7H13O6P/c1-12-6-4-13-5(7(6)8)2-3-14(9,10)11/h2-3,5-8H,4H2,1H3,(H2,9,10,11)/b3-2-/t5-,6-,7+/m1/s1. The molecule has 0 aromatic heterocycles. The molecule has 0 spiro atoms. The third-order valence-electron chi connectivity index (χ3n) is 1.94. The summed E-state index contributed by atoms with van der Waals surface area (Å²) in [6, 6.07) is 0. The van der Waals surface area contributed by atoms with Gasteiger partial charge in [-0.2, -0.15) is 0 Å². The Balaban J connectivity index is 2.56. The van der Waals surface area contributed by atoms with E-state index in [0.717, 1.165) is 11.9 Å². The summed E-state index contributed by atoms with van der Waals surface area (Å²) in [6.07, 6.45) is -0.887. The number of aliphatic hydroxyl groups excluding tert-OH is 1. The van der Waals surface area contributed by atoms with Crippen LogP contribution in [0.15, 0.2) is 11.9 Å². The molecule has 1 fully saturated rings. The zero-order valence-electron chi connectivity index (χ0n) is 7.61. The summed E-state index contributed by atoms with van der Waals surface area (Å²) < 4.78 is 20.4. The van der Waals surface area contributed by atoms with E-state index in [2.05, 4.69) is 0 Å². The van der Waals surface area contributed by atoms with Crippen molar-refractivity contribution < 1.29 is 28.9 Å². The molecule has 1 saturated heterocycles. The lowest BCUT2D eigenvalue weighted by Crippen LogP contribution is -2.30. The Labute approximate surface area is 81.3 Å². The second kappa shape index (κ2) is 4.53. The van der Waals surface area contributed by atoms with Crippen LogP contribution < -0.4 is 0 Å². The summed E-state index contributed by atoms with van der Waals surface area (Å²) in [5.74, 6) is 0.721. The van der Waals surface area contributed by atoms with E-state index in [1.807, 2.05) is 0 Å². The molecule has 0 aromatic carbocycles. The van der Waals surface area contributed by atoms with Crippen LogP contribution in [-0.4, -0.2) is 46.9 Å². The fourth-order valence-electron chi connectivity index (χ4n) is 1.19. The fourth-order valence-corrected chi connectivity index (χ4v) is 1.58. The largest absolute Gasteiger partial charge is 0.387 e. The lowest BCUT2D eigenvalue weighted by molar-refractivity contribution is 0.0140. The van der Waals surface area contributed by atoms with E-state index in [4.69, 9.17) is 19.3 Å². The molecule has 1 aliphatic heterocycles. The van der Waals surface area contributed by atoms with Gasteiger partial charge in [0, 0.05) is 12.9 Å². The molecule has 1 aliphatic rings. The van der Waals surface area contributed by atoms with Crippen LogP contribution >= 0.6 is 7.60 Å². The lowest BCUT2D eigenvalue weighted by atomic mass is 10.1. The van der Waals surface area contributed by atoms with E-state index in [1.54, 1.807) is 0 Å². The van der Waals surface area contributed by atoms with Gasteiger partial charge in [-0.25, -0.2) is 0 Å². The molecule has 0 unspecified atom stereocenters. The Morgan fingerprint density at radius 2 is 2.21 bits per heavy atom. The molecule has 3 N–H and O–H groups in total. The summed E-state index contributed by atoms with van der Waals surface area (Å²) in [5.41, 5.74) is 0. The van der Waals surface area contributed by atoms with Gasteiger partial charge in [0.25, 0.3) is 0 Å². The number of aliphatic hydroxyl groups is 1. The van der Waals surface area contributed by atoms with Crippen LogP contribution in [0.2, 0.25) is 0 Å². The highest BCUT2D eigenvalue weighted by Crippen LogP contribution is 2.36. The van der Waals surface area contributed by atoms with Crippen LogP contribution in [0.1, 0.15) is 0 Å². The molecule has 1 heterocycles. The molecule has 82 valence electrons. The third kappa shape index (κ3) is 3.16. The molecule has 0 aromatic rings. The zero-order chi connectivity index (χ0) is 10.8. The minimum Gasteiger partial charge on any atom is -0.387 e. The highest BCUT2D eigenvalue weighted by molar-refractivity contribution is 7.55. The summed E-state index contributed by atoms with van der Waals surface area (Å²) in [4.78, 5) is 17.1. The maximum absolute atomic E-state index is 10.5. The van der Waals surface area contributed by atoms with Crippen molar-refractivity contribution in [2.24, 2.45) is 0 Å². The zero-order valence-corrected chi connectivity index (χ0v) is 8.50. The van der Waals surface area contributed by atoms with Gasteiger partial charge in [0.2, 0.25) is 0 Å². The van der Waals surface area contributed by atoms with Gasteiger partial charge in [-0.05, 0) is 6.08 Å². The highest BCUT2D eigenvalue weighted by atomic mass is 31.2. The quantitative estimate of drug-likeness (QED) is 0.557. The van der Waals surface area contributed by atoms with Gasteiger partial charge in [0.1, 0.15) is 18.3 Å². The van der Waals surface area contributed by atoms with E-state index < -0.39 is 25.9 Å². The second-order valence-corrected chi connectivity index (χ2v) is 4.47. The van der Waals surface area contributed by atoms with Crippen molar-refractivity contribution in [2.45, 2.75) is 18.3 Å². The van der Waals surface area contributed by atoms with Gasteiger partial charge in [-0.1, -0.05) is 0 Å². The monoisotopic (exact) mass is 224 g/mol. The first-order valence-electron chi connectivity index (χ1n) is 4.01. The van der Waals surface area contributed by atoms with E-state index in [0.29, 0.717) is 0 Å². The molecule has 0 amide bonds. The van der Waals surface area contributed by atoms with Crippen LogP contribution in [0.25, 0.3) is 0 Å². The van der Waals surface area contributed by atoms with Crippen molar-refractivity contribution in [2.75, 3.05) is 13.7 Å². The fraction of sp³-hybridized carbons (Fsp3) is 0.714. The van der Waals surface area contributed by atoms with Crippen molar-refractivity contribution >= 4 is 7.60 Å². The summed E-state index contributed by atoms with van der Waals surface area (Å²) in [6.45, 7) is 0.216. The Hall–Kier alpha value is -0.230. The highest BCUT2D eigenvalue weighted by Gasteiger charge is 2.34. The lowest BCUT2D eigenvalue weighted by Gasteiger charge is -2.12. The van der Waals surface area contributed by atoms with Crippen LogP contribution in [0.5, 0.6) is 0 Å². The molecule has 0 saturated carbocycles. The Morgan fingerprint density at radius 1 is 1.57 bits per heavy atom. The van der Waals surface area contributed by atoms with Gasteiger partial charge in [-0.15, -0.1) is 0 Å². The van der Waals surface area contributed by atoms with E-state index in [-0.39, 0.29) is 6.61 Å². The van der Waals surface area contributed by atoms with Crippen LogP contribution in [-0.2, 0) is 14.0 Å². The van der Waals surface area contributed by atoms with Gasteiger partial charge in [-0.3, -0.25) is 4.57 Å². The predicted octanol–water partition coefficient (Wildman–Crippen LogP) is -0.548. The van der Waals surface area contributed by atoms with E-state index in [9.17, 15) is 9.67 Å². The van der Waals surface area contributed by atoms with Crippen molar-refractivity contribution in [3.8, 4) is 0 Å². The SMILES string of the molecule is CO[C@@H]1CO[C@H](/C=C\P(=O)(O)O)[C@@H]1O. The first kappa shape index (κ1) is 11.8. The number of ether oxygens (including phenoxy) is 2. The summed E-state index contributed by atoms with van der Waals surface area (Å²) >= 11 is 0. The minimum atomic E-state index is -4.19. The van der Waals surface area contributed by atoms with E-state index in [1.165, 1.54) is 7.11 Å². The summed E-state index contributed by atoms with van der Waals surface area (Å²) in [5, 5.41) is 9.49. The average Bonchev–Trinajstić information content (AvgIpc) is 2.42. The number of hydrogen-bond acceptors (Lipinski definition) is 4. The molecule has 1 rings (SSSR count). The summed E-state index contributed by atoms with van der Waals surface area (Å²) in [7, 11) is -2.75. The molecule has 0 aliphatic carbocycles. The number of hydrogen-bond donors (Lipinski definition) is 3. The van der Waals surface area contributed by atoms with Crippen molar-refractivity contribution in [3.05, 3.63) is 11.9 Å². The number of methoxy groups -OCH3 is 1. The maximum Gasteiger partial charge on any atom is 0.348 e. The van der Waals surface area contributed by atoms with Gasteiger partial charge in [0.15, 0.2) is 0 Å². The van der Waals surface area contributed by atoms with Gasteiger partial charge in [0.05, 0.1) is 6.61 Å². The molecular formula is C7H13O6P. The first-order chi connectivity index (χ1) is 6.44. The van der Waals surface area contributed by atoms with E-state index >= 15 is 0 Å². The smallest absolute Gasteiger partial charge is 0.348 e. The average molecular weight is 224 g/mol. The predicted molar refractivity (Wildman–Crippen MR) is 47.7 cm³/mol. The maximum atomic E-state index is 10.5. The van der Waals surface area contributed by atoms with Crippen molar-refractivity contribution in [1.29, 1.82) is 0 Å². The first-order valence-corrected chi connectivity index (χ1v) is 5.69.